The summed E-state index contributed by atoms with van der Waals surface area (Å²) in [7, 11) is 1.00. The second-order valence-corrected chi connectivity index (χ2v) is 16.7. The number of ketones is 2. The number of unbranched alkanes of at least 4 members (excludes halogenated alkanes) is 12. The van der Waals surface area contributed by atoms with Gasteiger partial charge in [-0.2, -0.15) is 0 Å². The average Bonchev–Trinajstić information content (AvgIpc) is 3.37. The molecule has 20 nitrogen and oxygen atoms in total. The van der Waals surface area contributed by atoms with Crippen LogP contribution in [-0.4, -0.2) is 154 Å². The molecule has 0 amide bonds. The molecule has 0 aliphatic heterocycles. The van der Waals surface area contributed by atoms with Crippen LogP contribution in [0.2, 0.25) is 0 Å². The fourth-order valence-electron chi connectivity index (χ4n) is 5.52. The molecule has 435 valence electrons. The van der Waals surface area contributed by atoms with E-state index in [0.29, 0.717) is 83.5 Å². The third kappa shape index (κ3) is 72.6. The molecule has 0 bridgehead atoms. The van der Waals surface area contributed by atoms with Gasteiger partial charge in [0.25, 0.3) is 0 Å². The molecular weight excluding hydrogens is 990 g/mol. The van der Waals surface area contributed by atoms with Crippen molar-refractivity contribution in [3.05, 3.63) is 0 Å². The van der Waals surface area contributed by atoms with Crippen molar-refractivity contribution in [3.63, 3.8) is 0 Å². The first-order valence-electron chi connectivity index (χ1n) is 26.5. The van der Waals surface area contributed by atoms with Crippen LogP contribution in [0.5, 0.6) is 0 Å². The normalized spacial score (nSPS) is 9.79. The summed E-state index contributed by atoms with van der Waals surface area (Å²) < 4.78 is 34.6. The molecule has 0 fully saturated rings. The molecule has 22 heteroatoms. The number of aliphatic hydroxyl groups is 4. The van der Waals surface area contributed by atoms with Crippen LogP contribution in [0.25, 0.3) is 0 Å². The summed E-state index contributed by atoms with van der Waals surface area (Å²) in [6, 6.07) is 0. The van der Waals surface area contributed by atoms with Crippen molar-refractivity contribution >= 4 is 61.8 Å². The second kappa shape index (κ2) is 68.5. The van der Waals surface area contributed by atoms with Gasteiger partial charge in [0, 0.05) is 60.5 Å². The fourth-order valence-corrected chi connectivity index (χ4v) is 5.52. The van der Waals surface area contributed by atoms with E-state index in [0.717, 1.165) is 26.4 Å². The largest absolute Gasteiger partial charge is 1.00 e. The molecule has 0 saturated carbocycles. The zero-order valence-electron chi connectivity index (χ0n) is 48.6. The molecule has 0 spiro atoms. The average molecular weight is 1090 g/mol. The molecule has 0 atom stereocenters. The van der Waals surface area contributed by atoms with Gasteiger partial charge in [-0.15, -0.1) is 0 Å². The maximum atomic E-state index is 12.2. The van der Waals surface area contributed by atoms with Crippen LogP contribution >= 0.6 is 0 Å². The zero-order chi connectivity index (χ0) is 56.3. The Kier molecular flexibility index (Phi) is 78.1. The van der Waals surface area contributed by atoms with Crippen LogP contribution in [0, 0.1) is 0 Å². The predicted molar refractivity (Wildman–Crippen MR) is 281 cm³/mol. The minimum atomic E-state index is -0.943. The van der Waals surface area contributed by atoms with Gasteiger partial charge < -0.3 is 55.0 Å². The summed E-state index contributed by atoms with van der Waals surface area (Å²) >= 11 is 0. The maximum absolute atomic E-state index is 12.2. The number of Topliss-reactive ketones (excluding diaryl/α,β-unsaturated/α-hetero) is 2. The summed E-state index contributed by atoms with van der Waals surface area (Å²) in [4.78, 5) is 99.9. The van der Waals surface area contributed by atoms with Gasteiger partial charge in [-0.1, -0.05) is 126 Å². The van der Waals surface area contributed by atoms with Crippen molar-refractivity contribution in [3.8, 4) is 0 Å². The van der Waals surface area contributed by atoms with E-state index < -0.39 is 48.9 Å². The van der Waals surface area contributed by atoms with Gasteiger partial charge in [0.15, 0.2) is 25.1 Å². The molecule has 0 rings (SSSR count). The minimum absolute atomic E-state index is 0. The number of aliphatic hydroxyl groups excluding tert-OH is 4. The van der Waals surface area contributed by atoms with Crippen molar-refractivity contribution in [1.82, 2.24) is 0 Å². The monoisotopic (exact) mass is 1090 g/mol. The Labute approximate surface area is 474 Å². The Morgan fingerprint density at radius 2 is 0.627 bits per heavy atom. The first-order chi connectivity index (χ1) is 35.0. The van der Waals surface area contributed by atoms with Crippen LogP contribution in [-0.2, 0) is 76.3 Å². The van der Waals surface area contributed by atoms with Crippen molar-refractivity contribution in [1.29, 1.82) is 0 Å². The van der Waals surface area contributed by atoms with Gasteiger partial charge in [0.05, 0.1) is 0 Å². The fraction of sp³-hybridized carbons (Fsp3) is 0.830. The van der Waals surface area contributed by atoms with E-state index >= 15 is 0 Å². The third-order valence-electron chi connectivity index (χ3n) is 9.38. The van der Waals surface area contributed by atoms with Gasteiger partial charge >= 0.3 is 71.3 Å². The topological polar surface area (TPSA) is 299 Å². The van der Waals surface area contributed by atoms with E-state index in [4.69, 9.17) is 39.0 Å². The molecule has 3 radical (unpaired) electrons. The van der Waals surface area contributed by atoms with Crippen LogP contribution in [0.3, 0.4) is 0 Å². The van der Waals surface area contributed by atoms with Crippen molar-refractivity contribution in [2.24, 2.45) is 0 Å². The van der Waals surface area contributed by atoms with Crippen molar-refractivity contribution < 1.29 is 128 Å². The number of esters is 7. The Morgan fingerprint density at radius 3 is 0.893 bits per heavy atom. The summed E-state index contributed by atoms with van der Waals surface area (Å²) in [5.74, 6) is -3.47. The number of hydrogen-bond acceptors (Lipinski definition) is 20. The summed E-state index contributed by atoms with van der Waals surface area (Å²) in [5, 5.41) is 32.0. The Balaban J connectivity index is -0.000000151. The van der Waals surface area contributed by atoms with E-state index in [1.54, 1.807) is 0 Å². The van der Waals surface area contributed by atoms with E-state index in [1.807, 2.05) is 41.5 Å². The quantitative estimate of drug-likeness (QED) is 0.0288. The SMILES string of the molecule is CCCC(=O)OCC(=O)COC(=O)CCC.CCCC(=O)OCC(O)COC(=O)CCC.CCCCCCCCCCCCCCCC(=O)OC(COC(=O)CCC)COC(=O)CCC.CO.O=C(CO)CO.[B].[H-].[Na+]. The molecule has 0 aliphatic carbocycles. The number of rotatable bonds is 41. The zero-order valence-corrected chi connectivity index (χ0v) is 49.6. The molecule has 75 heavy (non-hydrogen) atoms. The molecule has 0 aliphatic rings. The smallest absolute Gasteiger partial charge is 1.00 e. The van der Waals surface area contributed by atoms with E-state index in [1.165, 1.54) is 64.2 Å². The number of carbonyl (C=O) groups is 9. The van der Waals surface area contributed by atoms with E-state index in [-0.39, 0.29) is 109 Å². The van der Waals surface area contributed by atoms with Gasteiger partial charge in [-0.3, -0.25) is 43.2 Å². The second-order valence-electron chi connectivity index (χ2n) is 16.7. The molecule has 0 aromatic heterocycles. The molecule has 0 heterocycles. The summed E-state index contributed by atoms with van der Waals surface area (Å²) in [5.41, 5.74) is 0. The van der Waals surface area contributed by atoms with Gasteiger partial charge in [-0.05, 0) is 44.9 Å². The molecule has 0 aromatic carbocycles. The Hall–Kier alpha value is -3.47. The maximum Gasteiger partial charge on any atom is 1.00 e. The molecule has 0 unspecified atom stereocenters. The Bertz CT molecular complexity index is 1320. The van der Waals surface area contributed by atoms with Crippen LogP contribution in [0.1, 0.15) is 217 Å². The molecule has 0 aromatic rings. The van der Waals surface area contributed by atoms with Crippen LogP contribution in [0.15, 0.2) is 0 Å². The number of hydrogen-bond donors (Lipinski definition) is 4. The number of ether oxygens (including phenoxy) is 7. The van der Waals surface area contributed by atoms with E-state index in [2.05, 4.69) is 16.4 Å². The third-order valence-corrected chi connectivity index (χ3v) is 9.38. The van der Waals surface area contributed by atoms with Gasteiger partial charge in [0.1, 0.15) is 45.7 Å². The standard InChI is InChI=1S/C27H50O6.C11H20O5.C11H18O5.C3H6O3.CH4O.B.Na.H/c1-4-7-8-9-10-11-12-13-14-15-16-17-18-21-27(30)33-24(22-31-25(28)19-5-2)23-32-26(29)20-6-3;2*1-3-5-10(13)15-7-9(12)8-16-11(14)6-4-2;4-1-3(6)2-5;1-2;;;/h24H,4-23H2,1-3H3;9,12H,3-8H2,1-2H3;3-8H2,1-2H3;4-5H,1-2H2;2H,1H3;;;/q;;;;;;+1;-1. The molecular formula is C53H99BNaO20. The summed E-state index contributed by atoms with van der Waals surface area (Å²) in [6.45, 7) is 11.3. The summed E-state index contributed by atoms with van der Waals surface area (Å²) in [6.07, 6.45) is 20.9. The van der Waals surface area contributed by atoms with Gasteiger partial charge in [-0.25, -0.2) is 0 Å². The van der Waals surface area contributed by atoms with Crippen molar-refractivity contribution in [2.75, 3.05) is 60.0 Å². The predicted octanol–water partition coefficient (Wildman–Crippen LogP) is 4.23. The Morgan fingerprint density at radius 1 is 0.360 bits per heavy atom. The molecule has 4 N–H and O–H groups in total. The van der Waals surface area contributed by atoms with Crippen LogP contribution in [0.4, 0.5) is 0 Å². The number of carbonyl (C=O) groups excluding carboxylic acids is 9. The first kappa shape index (κ1) is 85.5. The molecule has 0 saturated heterocycles. The minimum Gasteiger partial charge on any atom is -1.00 e. The van der Waals surface area contributed by atoms with E-state index in [9.17, 15) is 48.3 Å². The van der Waals surface area contributed by atoms with Crippen molar-refractivity contribution in [2.45, 2.75) is 228 Å². The van der Waals surface area contributed by atoms with Gasteiger partial charge in [0.2, 0.25) is 5.78 Å². The first-order valence-corrected chi connectivity index (χ1v) is 26.5. The van der Waals surface area contributed by atoms with Crippen LogP contribution < -0.4 is 29.6 Å².